The number of ether oxygens (including phenoxy) is 1. The van der Waals surface area contributed by atoms with E-state index in [-0.39, 0.29) is 40.9 Å². The van der Waals surface area contributed by atoms with E-state index < -0.39 is 11.9 Å². The molecule has 210 valence electrons. The summed E-state index contributed by atoms with van der Waals surface area (Å²) in [5, 5.41) is 10.7. The Labute approximate surface area is 251 Å². The molecule has 0 bridgehead atoms. The van der Waals surface area contributed by atoms with E-state index >= 15 is 0 Å². The first-order valence-corrected chi connectivity index (χ1v) is 13.0. The standard InChI is InChI=1S/C33H24N2O6.BrH/c1-18-14-21(32(38)39)15-19(2)29(18)41-33(40)28-24-10-6-7-11-26(24)34(3)27-13-12-20(16-25(27)28)17-35-30(36)22-8-4-5-9-23(22)31(35)37;/h4-16H,17H2,1-3H3;1H. The van der Waals surface area contributed by atoms with Gasteiger partial charge < -0.3 is 26.8 Å². The minimum atomic E-state index is -1.06. The van der Waals surface area contributed by atoms with Crippen LogP contribution in [0.3, 0.4) is 0 Å². The Hall–Kier alpha value is -4.89. The zero-order valence-corrected chi connectivity index (χ0v) is 24.6. The summed E-state index contributed by atoms with van der Waals surface area (Å²) in [6.07, 6.45) is 0. The number of benzene rings is 4. The molecule has 4 aromatic carbocycles. The lowest BCUT2D eigenvalue weighted by molar-refractivity contribution is -0.617. The van der Waals surface area contributed by atoms with Crippen molar-refractivity contribution in [3.8, 4) is 5.75 Å². The van der Waals surface area contributed by atoms with E-state index in [0.717, 1.165) is 11.0 Å². The van der Waals surface area contributed by atoms with Crippen LogP contribution in [0, 0.1) is 13.8 Å². The third kappa shape index (κ3) is 4.61. The number of carboxylic acids is 1. The molecule has 0 aliphatic carbocycles. The first-order valence-electron chi connectivity index (χ1n) is 13.0. The van der Waals surface area contributed by atoms with Crippen molar-refractivity contribution in [3.05, 3.63) is 118 Å². The number of aromatic carboxylic acids is 1. The number of fused-ring (bicyclic) bond motifs is 3. The topological polar surface area (TPSA) is 105 Å². The Morgan fingerprint density at radius 1 is 0.810 bits per heavy atom. The van der Waals surface area contributed by atoms with Crippen molar-refractivity contribution in [1.29, 1.82) is 0 Å². The van der Waals surface area contributed by atoms with Crippen molar-refractivity contribution in [3.63, 3.8) is 0 Å². The normalized spacial score (nSPS) is 12.4. The summed E-state index contributed by atoms with van der Waals surface area (Å²) in [5.41, 5.74) is 4.49. The van der Waals surface area contributed by atoms with E-state index in [9.17, 15) is 24.3 Å². The molecular weight excluding hydrogens is 600 g/mol. The molecule has 0 atom stereocenters. The second-order valence-corrected chi connectivity index (χ2v) is 10.2. The molecule has 1 N–H and O–H groups in total. The summed E-state index contributed by atoms with van der Waals surface area (Å²) in [5.74, 6) is -2.07. The maximum absolute atomic E-state index is 13.9. The number of rotatable bonds is 5. The number of imide groups is 1. The van der Waals surface area contributed by atoms with Gasteiger partial charge in [-0.2, -0.15) is 4.57 Å². The van der Waals surface area contributed by atoms with Crippen LogP contribution < -0.4 is 26.3 Å². The van der Waals surface area contributed by atoms with Crippen molar-refractivity contribution < 1.29 is 50.6 Å². The van der Waals surface area contributed by atoms with Gasteiger partial charge in [-0.3, -0.25) is 14.5 Å². The Kier molecular flexibility index (Phi) is 7.38. The van der Waals surface area contributed by atoms with Crippen LogP contribution in [0.4, 0.5) is 0 Å². The van der Waals surface area contributed by atoms with Gasteiger partial charge in [0, 0.05) is 12.1 Å². The Balaban J connectivity index is 0.00000353. The molecule has 0 radical (unpaired) electrons. The maximum Gasteiger partial charge on any atom is 0.345 e. The number of aryl methyl sites for hydroxylation is 3. The number of nitrogens with zero attached hydrogens (tertiary/aromatic N) is 2. The number of para-hydroxylation sites is 1. The van der Waals surface area contributed by atoms with Crippen molar-refractivity contribution >= 4 is 45.6 Å². The Morgan fingerprint density at radius 2 is 1.38 bits per heavy atom. The highest BCUT2D eigenvalue weighted by Gasteiger charge is 2.35. The van der Waals surface area contributed by atoms with Crippen LogP contribution in [0.5, 0.6) is 5.75 Å². The zero-order valence-electron chi connectivity index (χ0n) is 23.0. The molecule has 42 heavy (non-hydrogen) atoms. The van der Waals surface area contributed by atoms with Gasteiger partial charge in [-0.15, -0.1) is 0 Å². The summed E-state index contributed by atoms with van der Waals surface area (Å²) >= 11 is 0. The molecule has 5 aromatic rings. The molecular formula is C33H25BrN2O6. The molecule has 0 saturated carbocycles. The Bertz CT molecular complexity index is 1930. The maximum atomic E-state index is 13.9. The summed E-state index contributed by atoms with van der Waals surface area (Å²) in [4.78, 5) is 52.6. The van der Waals surface area contributed by atoms with Gasteiger partial charge >= 0.3 is 11.9 Å². The number of aromatic nitrogens is 1. The number of hydrogen-bond acceptors (Lipinski definition) is 5. The van der Waals surface area contributed by atoms with Gasteiger partial charge in [0.15, 0.2) is 0 Å². The van der Waals surface area contributed by atoms with Crippen molar-refractivity contribution in [1.82, 2.24) is 4.90 Å². The molecule has 9 heteroatoms. The summed E-state index contributed by atoms with van der Waals surface area (Å²) < 4.78 is 7.92. The number of esters is 1. The predicted octanol–water partition coefficient (Wildman–Crippen LogP) is 2.15. The highest BCUT2D eigenvalue weighted by molar-refractivity contribution is 6.21. The van der Waals surface area contributed by atoms with Crippen LogP contribution in [-0.2, 0) is 13.6 Å². The molecule has 0 spiro atoms. The fourth-order valence-corrected chi connectivity index (χ4v) is 5.59. The number of halogens is 1. The first-order chi connectivity index (χ1) is 19.7. The van der Waals surface area contributed by atoms with Crippen molar-refractivity contribution in [2.75, 3.05) is 0 Å². The second-order valence-electron chi connectivity index (χ2n) is 10.2. The highest BCUT2D eigenvalue weighted by atomic mass is 79.9. The van der Waals surface area contributed by atoms with Gasteiger partial charge in [-0.1, -0.05) is 30.3 Å². The van der Waals surface area contributed by atoms with Crippen LogP contribution in [0.2, 0.25) is 0 Å². The average molecular weight is 625 g/mol. The average Bonchev–Trinajstić information content (AvgIpc) is 3.19. The monoisotopic (exact) mass is 624 g/mol. The van der Waals surface area contributed by atoms with E-state index in [2.05, 4.69) is 0 Å². The number of pyridine rings is 1. The number of carbonyl (C=O) groups excluding carboxylic acids is 3. The molecule has 2 heterocycles. The largest absolute Gasteiger partial charge is 1.00 e. The third-order valence-electron chi connectivity index (χ3n) is 7.55. The van der Waals surface area contributed by atoms with E-state index in [1.54, 1.807) is 38.1 Å². The molecule has 1 aliphatic rings. The molecule has 1 aliphatic heterocycles. The quantitative estimate of drug-likeness (QED) is 0.106. The van der Waals surface area contributed by atoms with Crippen LogP contribution in [-0.4, -0.2) is 33.8 Å². The van der Waals surface area contributed by atoms with Gasteiger partial charge in [0.1, 0.15) is 12.8 Å². The molecule has 0 saturated heterocycles. The zero-order chi connectivity index (χ0) is 29.0. The minimum Gasteiger partial charge on any atom is -1.00 e. The van der Waals surface area contributed by atoms with Gasteiger partial charge in [-0.05, 0) is 66.9 Å². The SMILES string of the molecule is Cc1cc(C(=O)O)cc(C)c1OC(=O)c1c2ccccc2[n+](C)c2ccc(CN3C(=O)c4ccccc4C3=O)cc12.[Br-]. The molecule has 6 rings (SSSR count). The van der Waals surface area contributed by atoms with Crippen LogP contribution in [0.25, 0.3) is 21.8 Å². The lowest BCUT2D eigenvalue weighted by atomic mass is 9.99. The number of hydrogen-bond donors (Lipinski definition) is 1. The number of carbonyl (C=O) groups is 4. The summed E-state index contributed by atoms with van der Waals surface area (Å²) in [7, 11) is 1.91. The molecule has 0 unspecified atom stereocenters. The fourth-order valence-electron chi connectivity index (χ4n) is 5.59. The van der Waals surface area contributed by atoms with Crippen molar-refractivity contribution in [2.45, 2.75) is 20.4 Å². The lowest BCUT2D eigenvalue weighted by Gasteiger charge is -2.16. The van der Waals surface area contributed by atoms with Crippen molar-refractivity contribution in [2.24, 2.45) is 7.05 Å². The Morgan fingerprint density at radius 3 is 2.00 bits per heavy atom. The summed E-state index contributed by atoms with van der Waals surface area (Å²) in [6.45, 7) is 3.44. The molecule has 1 aromatic heterocycles. The van der Waals surface area contributed by atoms with Crippen LogP contribution in [0.1, 0.15) is 58.1 Å². The highest BCUT2D eigenvalue weighted by Crippen LogP contribution is 2.31. The smallest absolute Gasteiger partial charge is 0.345 e. The van der Waals surface area contributed by atoms with E-state index in [4.69, 9.17) is 4.74 Å². The fraction of sp³-hybridized carbons (Fsp3) is 0.121. The van der Waals surface area contributed by atoms with Gasteiger partial charge in [0.05, 0.1) is 39.6 Å². The third-order valence-corrected chi connectivity index (χ3v) is 7.55. The molecule has 8 nitrogen and oxygen atoms in total. The molecule has 2 amide bonds. The second kappa shape index (κ2) is 10.8. The van der Waals surface area contributed by atoms with Crippen LogP contribution in [0.15, 0.2) is 78.9 Å². The minimum absolute atomic E-state index is 0. The first kappa shape index (κ1) is 28.6. The van der Waals surface area contributed by atoms with Gasteiger partial charge in [0.2, 0.25) is 11.0 Å². The van der Waals surface area contributed by atoms with E-state index in [0.29, 0.717) is 49.9 Å². The van der Waals surface area contributed by atoms with Gasteiger partial charge in [0.25, 0.3) is 11.8 Å². The van der Waals surface area contributed by atoms with E-state index in [1.807, 2.05) is 54.1 Å². The number of carboxylic acid groups (broad SMARTS) is 1. The lowest BCUT2D eigenvalue weighted by Crippen LogP contribution is -3.00. The summed E-state index contributed by atoms with van der Waals surface area (Å²) in [6, 6.07) is 22.7. The predicted molar refractivity (Wildman–Crippen MR) is 151 cm³/mol. The van der Waals surface area contributed by atoms with E-state index in [1.165, 1.54) is 17.0 Å². The van der Waals surface area contributed by atoms with Gasteiger partial charge in [-0.25, -0.2) is 9.59 Å². The molecule has 0 fully saturated rings. The van der Waals surface area contributed by atoms with Crippen LogP contribution >= 0.6 is 0 Å². The number of amides is 2.